The lowest BCUT2D eigenvalue weighted by Crippen LogP contribution is -2.51. The van der Waals surface area contributed by atoms with Crippen LogP contribution in [0.1, 0.15) is 30.9 Å². The zero-order valence-corrected chi connectivity index (χ0v) is 23.2. The summed E-state index contributed by atoms with van der Waals surface area (Å²) in [6.45, 7) is 2.52. The second-order valence-electron chi connectivity index (χ2n) is 8.33. The van der Waals surface area contributed by atoms with Crippen LogP contribution in [0.3, 0.4) is 0 Å². The predicted molar refractivity (Wildman–Crippen MR) is 149 cm³/mol. The first-order valence-corrected chi connectivity index (χ1v) is 13.4. The summed E-state index contributed by atoms with van der Waals surface area (Å²) in [5.74, 6) is -0.0545. The highest BCUT2D eigenvalue weighted by Crippen LogP contribution is 2.28. The number of nitrogens with zero attached hydrogens (tertiary/aromatic N) is 1. The Bertz CT molecular complexity index is 1160. The van der Waals surface area contributed by atoms with E-state index in [2.05, 4.69) is 28.2 Å². The van der Waals surface area contributed by atoms with Crippen molar-refractivity contribution in [2.75, 3.05) is 13.2 Å². The lowest BCUT2D eigenvalue weighted by molar-refractivity contribution is -0.142. The van der Waals surface area contributed by atoms with Crippen molar-refractivity contribution in [3.8, 4) is 5.75 Å². The van der Waals surface area contributed by atoms with Crippen molar-refractivity contribution in [1.29, 1.82) is 0 Å². The SMILES string of the molecule is CCCCNC(=O)[C@H](Cc1ccccc1)N(Cc1ccccc1Cl)C(=O)COc1ccc(Cl)cc1Br. The molecule has 0 unspecified atom stereocenters. The van der Waals surface area contributed by atoms with Crippen molar-refractivity contribution in [3.63, 3.8) is 0 Å². The summed E-state index contributed by atoms with van der Waals surface area (Å²) in [6.07, 6.45) is 2.17. The summed E-state index contributed by atoms with van der Waals surface area (Å²) in [7, 11) is 0. The zero-order chi connectivity index (χ0) is 25.9. The molecular formula is C28H29BrCl2N2O3. The van der Waals surface area contributed by atoms with Gasteiger partial charge in [0.25, 0.3) is 5.91 Å². The second kappa shape index (κ2) is 14.3. The maximum Gasteiger partial charge on any atom is 0.261 e. The first-order valence-electron chi connectivity index (χ1n) is 11.8. The van der Waals surface area contributed by atoms with E-state index in [1.807, 2.05) is 48.5 Å². The Morgan fingerprint density at radius 3 is 2.44 bits per heavy atom. The number of halogens is 3. The largest absolute Gasteiger partial charge is 0.483 e. The van der Waals surface area contributed by atoms with Crippen molar-refractivity contribution in [1.82, 2.24) is 10.2 Å². The molecule has 0 aliphatic heterocycles. The Balaban J connectivity index is 1.90. The number of hydrogen-bond donors (Lipinski definition) is 1. The van der Waals surface area contributed by atoms with E-state index in [9.17, 15) is 9.59 Å². The van der Waals surface area contributed by atoms with Gasteiger partial charge in [0, 0.05) is 29.6 Å². The topological polar surface area (TPSA) is 58.6 Å². The van der Waals surface area contributed by atoms with Crippen LogP contribution < -0.4 is 10.1 Å². The molecule has 0 heterocycles. The molecule has 0 bridgehead atoms. The molecule has 8 heteroatoms. The molecule has 0 spiro atoms. The van der Waals surface area contributed by atoms with Crippen molar-refractivity contribution in [2.45, 2.75) is 38.8 Å². The maximum absolute atomic E-state index is 13.6. The van der Waals surface area contributed by atoms with Crippen molar-refractivity contribution >= 4 is 50.9 Å². The number of rotatable bonds is 12. The van der Waals surface area contributed by atoms with E-state index < -0.39 is 6.04 Å². The normalized spacial score (nSPS) is 11.6. The van der Waals surface area contributed by atoms with E-state index in [0.717, 1.165) is 24.0 Å². The van der Waals surface area contributed by atoms with Crippen LogP contribution in [0, 0.1) is 0 Å². The van der Waals surface area contributed by atoms with Crippen LogP contribution in [0.4, 0.5) is 0 Å². The summed E-state index contributed by atoms with van der Waals surface area (Å²) in [4.78, 5) is 28.6. The highest BCUT2D eigenvalue weighted by atomic mass is 79.9. The maximum atomic E-state index is 13.6. The van der Waals surface area contributed by atoms with Gasteiger partial charge in [-0.2, -0.15) is 0 Å². The fourth-order valence-electron chi connectivity index (χ4n) is 3.68. The number of benzene rings is 3. The van der Waals surface area contributed by atoms with E-state index in [-0.39, 0.29) is 25.0 Å². The first-order chi connectivity index (χ1) is 17.4. The fourth-order valence-corrected chi connectivity index (χ4v) is 4.68. The molecule has 3 aromatic carbocycles. The molecule has 0 fully saturated rings. The minimum Gasteiger partial charge on any atom is -0.483 e. The number of carbonyl (C=O) groups is 2. The standard InChI is InChI=1S/C28H29BrCl2N2O3/c1-2-3-15-32-28(35)25(16-20-9-5-4-6-10-20)33(18-21-11-7-8-12-24(21)31)27(34)19-36-26-14-13-22(30)17-23(26)29/h4-14,17,25H,2-3,15-16,18-19H2,1H3,(H,32,35)/t25-/m0/s1. The first kappa shape index (κ1) is 28.0. The van der Waals surface area contributed by atoms with Crippen LogP contribution in [-0.2, 0) is 22.6 Å². The third kappa shape index (κ3) is 8.26. The predicted octanol–water partition coefficient (Wildman–Crippen LogP) is 6.69. The van der Waals surface area contributed by atoms with Crippen LogP contribution >= 0.6 is 39.1 Å². The average Bonchev–Trinajstić information content (AvgIpc) is 2.87. The molecule has 3 aromatic rings. The van der Waals surface area contributed by atoms with Gasteiger partial charge in [-0.15, -0.1) is 0 Å². The van der Waals surface area contributed by atoms with Crippen LogP contribution in [0.15, 0.2) is 77.3 Å². The molecule has 0 saturated heterocycles. The van der Waals surface area contributed by atoms with Crippen molar-refractivity contribution < 1.29 is 14.3 Å². The molecule has 0 radical (unpaired) electrons. The molecule has 0 aliphatic rings. The van der Waals surface area contributed by atoms with Crippen molar-refractivity contribution in [2.24, 2.45) is 0 Å². The third-order valence-electron chi connectivity index (χ3n) is 5.64. The number of nitrogens with one attached hydrogen (secondary N) is 1. The molecular weight excluding hydrogens is 563 g/mol. The molecule has 1 N–H and O–H groups in total. The summed E-state index contributed by atoms with van der Waals surface area (Å²) >= 11 is 15.9. The molecule has 3 rings (SSSR count). The minimum atomic E-state index is -0.745. The van der Waals surface area contributed by atoms with Gasteiger partial charge in [-0.05, 0) is 57.7 Å². The van der Waals surface area contributed by atoms with E-state index in [1.165, 1.54) is 0 Å². The summed E-state index contributed by atoms with van der Waals surface area (Å²) in [6, 6.07) is 21.3. The van der Waals surface area contributed by atoms with E-state index in [0.29, 0.717) is 33.2 Å². The Morgan fingerprint density at radius 1 is 1.03 bits per heavy atom. The summed E-state index contributed by atoms with van der Waals surface area (Å²) < 4.78 is 6.46. The number of carbonyl (C=O) groups excluding carboxylic acids is 2. The van der Waals surface area contributed by atoms with E-state index in [4.69, 9.17) is 27.9 Å². The van der Waals surface area contributed by atoms with Gasteiger partial charge in [0.2, 0.25) is 5.91 Å². The third-order valence-corrected chi connectivity index (χ3v) is 6.87. The summed E-state index contributed by atoms with van der Waals surface area (Å²) in [5.41, 5.74) is 1.70. The Kier molecular flexibility index (Phi) is 11.1. The quantitative estimate of drug-likeness (QED) is 0.239. The zero-order valence-electron chi connectivity index (χ0n) is 20.1. The van der Waals surface area contributed by atoms with Gasteiger partial charge in [-0.25, -0.2) is 0 Å². The molecule has 0 saturated carbocycles. The Morgan fingerprint density at radius 2 is 1.75 bits per heavy atom. The molecule has 5 nitrogen and oxygen atoms in total. The summed E-state index contributed by atoms with van der Waals surface area (Å²) in [5, 5.41) is 4.08. The van der Waals surface area contributed by atoms with Crippen LogP contribution in [-0.4, -0.2) is 35.9 Å². The fraction of sp³-hybridized carbons (Fsp3) is 0.286. The van der Waals surface area contributed by atoms with Crippen molar-refractivity contribution in [3.05, 3.63) is 98.4 Å². The number of hydrogen-bond acceptors (Lipinski definition) is 3. The Hall–Kier alpha value is -2.54. The van der Waals surface area contributed by atoms with Gasteiger partial charge in [-0.1, -0.05) is 85.1 Å². The number of unbranched alkanes of at least 4 members (excludes halogenated alkanes) is 1. The lowest BCUT2D eigenvalue weighted by atomic mass is 10.0. The highest BCUT2D eigenvalue weighted by molar-refractivity contribution is 9.10. The molecule has 2 amide bonds. The van der Waals surface area contributed by atoms with Gasteiger partial charge in [-0.3, -0.25) is 9.59 Å². The van der Waals surface area contributed by atoms with Gasteiger partial charge in [0.15, 0.2) is 6.61 Å². The second-order valence-corrected chi connectivity index (χ2v) is 10.0. The minimum absolute atomic E-state index is 0.169. The average molecular weight is 592 g/mol. The van der Waals surface area contributed by atoms with E-state index in [1.54, 1.807) is 29.2 Å². The smallest absolute Gasteiger partial charge is 0.261 e. The molecule has 190 valence electrons. The molecule has 36 heavy (non-hydrogen) atoms. The van der Waals surface area contributed by atoms with E-state index >= 15 is 0 Å². The molecule has 1 atom stereocenters. The van der Waals surface area contributed by atoms with Gasteiger partial charge < -0.3 is 15.0 Å². The monoisotopic (exact) mass is 590 g/mol. The molecule has 0 aromatic heterocycles. The van der Waals surface area contributed by atoms with Crippen LogP contribution in [0.25, 0.3) is 0 Å². The molecule has 0 aliphatic carbocycles. The van der Waals surface area contributed by atoms with Gasteiger partial charge >= 0.3 is 0 Å². The number of amides is 2. The van der Waals surface area contributed by atoms with Gasteiger partial charge in [0.05, 0.1) is 4.47 Å². The lowest BCUT2D eigenvalue weighted by Gasteiger charge is -2.31. The Labute approximate surface area is 230 Å². The number of ether oxygens (including phenoxy) is 1. The highest BCUT2D eigenvalue weighted by Gasteiger charge is 2.31. The van der Waals surface area contributed by atoms with Crippen LogP contribution in [0.2, 0.25) is 10.0 Å². The van der Waals surface area contributed by atoms with Gasteiger partial charge in [0.1, 0.15) is 11.8 Å². The van der Waals surface area contributed by atoms with Crippen LogP contribution in [0.5, 0.6) is 5.75 Å².